The summed E-state index contributed by atoms with van der Waals surface area (Å²) >= 11 is 0. The SMILES string of the molecule is N=NC1=C2C(=O)NC(c3ccc(S(=O)(=O)O)cc3)=C2C(=O)c2ccccc21. The van der Waals surface area contributed by atoms with Crippen LogP contribution in [0, 0.1) is 5.53 Å². The van der Waals surface area contributed by atoms with Crippen LogP contribution in [0.5, 0.6) is 0 Å². The third-order valence-corrected chi connectivity index (χ3v) is 5.28. The van der Waals surface area contributed by atoms with Crippen molar-refractivity contribution in [2.24, 2.45) is 5.11 Å². The van der Waals surface area contributed by atoms with Crippen LogP contribution in [0.4, 0.5) is 0 Å². The maximum absolute atomic E-state index is 13.0. The number of ketones is 1. The molecular formula is C18H11N3O5S. The maximum atomic E-state index is 13.0. The number of carbonyl (C=O) groups excluding carboxylic acids is 2. The average molecular weight is 381 g/mol. The van der Waals surface area contributed by atoms with Gasteiger partial charge in [0.2, 0.25) is 0 Å². The molecule has 0 spiro atoms. The largest absolute Gasteiger partial charge is 0.321 e. The molecule has 0 bridgehead atoms. The van der Waals surface area contributed by atoms with Gasteiger partial charge in [0.15, 0.2) is 5.78 Å². The third-order valence-electron chi connectivity index (χ3n) is 4.41. The minimum Gasteiger partial charge on any atom is -0.321 e. The minimum absolute atomic E-state index is 0.0163. The van der Waals surface area contributed by atoms with E-state index in [0.29, 0.717) is 16.7 Å². The lowest BCUT2D eigenvalue weighted by molar-refractivity contribution is -0.115. The first-order valence-corrected chi connectivity index (χ1v) is 9.16. The van der Waals surface area contributed by atoms with E-state index in [1.807, 2.05) is 0 Å². The number of nitrogens with zero attached hydrogens (tertiary/aromatic N) is 1. The van der Waals surface area contributed by atoms with Crippen LogP contribution in [0.1, 0.15) is 21.5 Å². The summed E-state index contributed by atoms with van der Waals surface area (Å²) in [5.41, 5.74) is 8.99. The van der Waals surface area contributed by atoms with Gasteiger partial charge in [0.05, 0.1) is 21.7 Å². The minimum atomic E-state index is -4.36. The van der Waals surface area contributed by atoms with Crippen molar-refractivity contribution in [1.82, 2.24) is 5.32 Å². The third kappa shape index (κ3) is 2.52. The lowest BCUT2D eigenvalue weighted by Crippen LogP contribution is -2.19. The summed E-state index contributed by atoms with van der Waals surface area (Å²) in [5, 5.41) is 6.07. The van der Waals surface area contributed by atoms with Crippen molar-refractivity contribution in [3.05, 3.63) is 76.4 Å². The lowest BCUT2D eigenvalue weighted by atomic mass is 9.84. The molecular weight excluding hydrogens is 370 g/mol. The molecule has 0 unspecified atom stereocenters. The van der Waals surface area contributed by atoms with Gasteiger partial charge >= 0.3 is 0 Å². The fourth-order valence-electron chi connectivity index (χ4n) is 3.21. The molecule has 0 radical (unpaired) electrons. The summed E-state index contributed by atoms with van der Waals surface area (Å²) in [6.45, 7) is 0. The molecule has 2 aliphatic rings. The highest BCUT2D eigenvalue weighted by atomic mass is 32.2. The molecule has 0 aromatic heterocycles. The molecule has 3 N–H and O–H groups in total. The maximum Gasteiger partial charge on any atom is 0.294 e. The van der Waals surface area contributed by atoms with E-state index in [0.717, 1.165) is 0 Å². The summed E-state index contributed by atoms with van der Waals surface area (Å²) in [4.78, 5) is 25.2. The second kappa shape index (κ2) is 5.79. The highest BCUT2D eigenvalue weighted by Gasteiger charge is 2.40. The van der Waals surface area contributed by atoms with E-state index in [1.54, 1.807) is 24.3 Å². The smallest absolute Gasteiger partial charge is 0.294 e. The Kier molecular flexibility index (Phi) is 3.65. The first-order chi connectivity index (χ1) is 12.8. The zero-order chi connectivity index (χ0) is 19.3. The quantitative estimate of drug-likeness (QED) is 0.554. The molecule has 134 valence electrons. The van der Waals surface area contributed by atoms with Gasteiger partial charge in [0.1, 0.15) is 5.70 Å². The summed E-state index contributed by atoms with van der Waals surface area (Å²) in [6.07, 6.45) is 0. The van der Waals surface area contributed by atoms with Crippen molar-refractivity contribution in [2.45, 2.75) is 4.90 Å². The van der Waals surface area contributed by atoms with E-state index in [9.17, 15) is 18.0 Å². The van der Waals surface area contributed by atoms with Crippen molar-refractivity contribution in [3.63, 3.8) is 0 Å². The van der Waals surface area contributed by atoms with Crippen molar-refractivity contribution >= 4 is 33.2 Å². The molecule has 0 fully saturated rings. The van der Waals surface area contributed by atoms with Crippen molar-refractivity contribution < 1.29 is 22.6 Å². The zero-order valence-corrected chi connectivity index (χ0v) is 14.4. The number of fused-ring (bicyclic) bond motifs is 2. The van der Waals surface area contributed by atoms with Crippen molar-refractivity contribution in [1.29, 1.82) is 5.53 Å². The number of nitrogens with one attached hydrogen (secondary N) is 2. The first-order valence-electron chi connectivity index (χ1n) is 7.72. The van der Waals surface area contributed by atoms with Gasteiger partial charge in [-0.1, -0.05) is 36.4 Å². The fourth-order valence-corrected chi connectivity index (χ4v) is 3.69. The highest BCUT2D eigenvalue weighted by molar-refractivity contribution is 7.85. The van der Waals surface area contributed by atoms with Crippen LogP contribution < -0.4 is 5.32 Å². The summed E-state index contributed by atoms with van der Waals surface area (Å²) in [5.74, 6) is -0.951. The second-order valence-electron chi connectivity index (χ2n) is 5.91. The molecule has 9 heteroatoms. The predicted molar refractivity (Wildman–Crippen MR) is 94.2 cm³/mol. The van der Waals surface area contributed by atoms with E-state index in [1.165, 1.54) is 24.3 Å². The highest BCUT2D eigenvalue weighted by Crippen LogP contribution is 2.41. The Bertz CT molecular complexity index is 1210. The molecule has 1 aliphatic carbocycles. The summed E-state index contributed by atoms with van der Waals surface area (Å²) in [7, 11) is -4.36. The van der Waals surface area contributed by atoms with Crippen molar-refractivity contribution in [2.75, 3.05) is 0 Å². The Morgan fingerprint density at radius 1 is 0.926 bits per heavy atom. The van der Waals surface area contributed by atoms with Gasteiger partial charge in [-0.15, -0.1) is 0 Å². The van der Waals surface area contributed by atoms with E-state index >= 15 is 0 Å². The molecule has 4 rings (SSSR count). The fraction of sp³-hybridized carbons (Fsp3) is 0. The number of benzene rings is 2. The van der Waals surface area contributed by atoms with Crippen LogP contribution in [0.3, 0.4) is 0 Å². The second-order valence-corrected chi connectivity index (χ2v) is 7.34. The van der Waals surface area contributed by atoms with Gasteiger partial charge in [-0.25, -0.2) is 5.53 Å². The van der Waals surface area contributed by atoms with Gasteiger partial charge in [-0.2, -0.15) is 13.5 Å². The normalized spacial score (nSPS) is 16.2. The number of Topliss-reactive ketones (excluding diaryl/α,β-unsaturated/α-hetero) is 1. The number of carbonyl (C=O) groups is 2. The van der Waals surface area contributed by atoms with Gasteiger partial charge < -0.3 is 5.32 Å². The Morgan fingerprint density at radius 2 is 1.56 bits per heavy atom. The number of hydrogen-bond donors (Lipinski definition) is 3. The zero-order valence-electron chi connectivity index (χ0n) is 13.6. The predicted octanol–water partition coefficient (Wildman–Crippen LogP) is 2.41. The van der Waals surface area contributed by atoms with E-state index in [-0.39, 0.29) is 33.2 Å². The van der Waals surface area contributed by atoms with Crippen molar-refractivity contribution in [3.8, 4) is 0 Å². The van der Waals surface area contributed by atoms with Gasteiger partial charge in [-0.05, 0) is 17.7 Å². The van der Waals surface area contributed by atoms with Gasteiger partial charge in [0.25, 0.3) is 16.0 Å². The molecule has 8 nitrogen and oxygen atoms in total. The van der Waals surface area contributed by atoms with E-state index in [2.05, 4.69) is 10.4 Å². The van der Waals surface area contributed by atoms with Crippen LogP contribution in [-0.4, -0.2) is 24.7 Å². The Balaban J connectivity index is 1.96. The number of amides is 1. The Hall–Kier alpha value is -3.43. The van der Waals surface area contributed by atoms with E-state index in [4.69, 9.17) is 10.1 Å². The average Bonchev–Trinajstić information content (AvgIpc) is 2.99. The molecule has 0 saturated heterocycles. The first kappa shape index (κ1) is 17.0. The summed E-state index contributed by atoms with van der Waals surface area (Å²) in [6, 6.07) is 11.7. The Labute approximate surface area is 153 Å². The number of hydrogen-bond acceptors (Lipinski definition) is 6. The number of rotatable bonds is 3. The molecule has 27 heavy (non-hydrogen) atoms. The van der Waals surface area contributed by atoms with Crippen LogP contribution >= 0.6 is 0 Å². The lowest BCUT2D eigenvalue weighted by Gasteiger charge is -2.17. The molecule has 1 aliphatic heterocycles. The molecule has 0 atom stereocenters. The monoisotopic (exact) mass is 381 g/mol. The standard InChI is InChI=1S/C18H11N3O5S/c19-21-16-11-3-1-2-4-12(11)17(22)13-14(16)18(23)20-15(13)9-5-7-10(8-6-9)27(24,25)26/h1-8,19H,(H,20,23)(H,24,25,26). The molecule has 0 saturated carbocycles. The topological polar surface area (TPSA) is 137 Å². The van der Waals surface area contributed by atoms with Gasteiger partial charge in [0, 0.05) is 11.1 Å². The molecule has 1 heterocycles. The van der Waals surface area contributed by atoms with E-state index < -0.39 is 16.0 Å². The molecule has 2 aromatic rings. The van der Waals surface area contributed by atoms with Crippen LogP contribution in [-0.2, 0) is 14.9 Å². The molecule has 2 aromatic carbocycles. The molecule has 1 amide bonds. The van der Waals surface area contributed by atoms with Crippen LogP contribution in [0.25, 0.3) is 11.4 Å². The van der Waals surface area contributed by atoms with Crippen LogP contribution in [0.2, 0.25) is 0 Å². The Morgan fingerprint density at radius 3 is 2.15 bits per heavy atom. The van der Waals surface area contributed by atoms with Gasteiger partial charge in [-0.3, -0.25) is 14.1 Å². The van der Waals surface area contributed by atoms with Crippen LogP contribution in [0.15, 0.2) is 69.7 Å². The summed E-state index contributed by atoms with van der Waals surface area (Å²) < 4.78 is 31.5.